The summed E-state index contributed by atoms with van der Waals surface area (Å²) in [5, 5.41) is 0.373. The van der Waals surface area contributed by atoms with E-state index in [9.17, 15) is 17.2 Å². The monoisotopic (exact) mass is 375 g/mol. The van der Waals surface area contributed by atoms with E-state index in [0.717, 1.165) is 9.87 Å². The molecule has 0 bridgehead atoms. The van der Waals surface area contributed by atoms with E-state index in [1.807, 2.05) is 0 Å². The number of aryl methyl sites for hydroxylation is 1. The van der Waals surface area contributed by atoms with E-state index < -0.39 is 16.6 Å². The Morgan fingerprint density at radius 3 is 2.33 bits per heavy atom. The van der Waals surface area contributed by atoms with E-state index >= 15 is 0 Å². The summed E-state index contributed by atoms with van der Waals surface area (Å²) in [6.45, 7) is -1.03. The Labute approximate surface area is 144 Å². The van der Waals surface area contributed by atoms with Gasteiger partial charge < -0.3 is 4.74 Å². The Bertz CT molecular complexity index is 811. The van der Waals surface area contributed by atoms with Crippen molar-refractivity contribution in [1.29, 1.82) is 0 Å². The summed E-state index contributed by atoms with van der Waals surface area (Å²) < 4.78 is 54.8. The Morgan fingerprint density at radius 1 is 1.17 bits per heavy atom. The standard InChI is InChI=1S/C16H16ClF2NO3S/c1-11-3-8-14(9-15(11)17)24(21,22)20(2)10-12-4-6-13(7-5-12)23-16(18)19/h3-9,16H,10H2,1-2H3. The molecule has 0 aliphatic carbocycles. The maximum absolute atomic E-state index is 12.6. The van der Waals surface area contributed by atoms with Crippen LogP contribution in [0.1, 0.15) is 11.1 Å². The van der Waals surface area contributed by atoms with Gasteiger partial charge in [-0.25, -0.2) is 8.42 Å². The highest BCUT2D eigenvalue weighted by Crippen LogP contribution is 2.23. The van der Waals surface area contributed by atoms with Gasteiger partial charge in [-0.2, -0.15) is 13.1 Å². The molecule has 2 aromatic rings. The van der Waals surface area contributed by atoms with Gasteiger partial charge in [-0.15, -0.1) is 0 Å². The van der Waals surface area contributed by atoms with Crippen LogP contribution in [0.15, 0.2) is 47.4 Å². The van der Waals surface area contributed by atoms with Crippen molar-refractivity contribution in [3.63, 3.8) is 0 Å². The molecule has 0 aromatic heterocycles. The molecular formula is C16H16ClF2NO3S. The third-order valence-electron chi connectivity index (χ3n) is 3.41. The second kappa shape index (κ2) is 7.46. The molecule has 2 rings (SSSR count). The Hall–Kier alpha value is -1.70. The lowest BCUT2D eigenvalue weighted by Crippen LogP contribution is -2.26. The Morgan fingerprint density at radius 2 is 1.79 bits per heavy atom. The number of hydrogen-bond donors (Lipinski definition) is 0. The van der Waals surface area contributed by atoms with E-state index in [1.165, 1.54) is 43.4 Å². The van der Waals surface area contributed by atoms with Crippen molar-refractivity contribution in [2.24, 2.45) is 0 Å². The average Bonchev–Trinajstić information content (AvgIpc) is 2.51. The number of sulfonamides is 1. The minimum atomic E-state index is -3.71. The van der Waals surface area contributed by atoms with Crippen molar-refractivity contribution in [2.75, 3.05) is 7.05 Å². The number of alkyl halides is 2. The maximum atomic E-state index is 12.6. The molecule has 0 heterocycles. The first-order valence-corrected chi connectivity index (χ1v) is 8.78. The van der Waals surface area contributed by atoms with Gasteiger partial charge in [0.05, 0.1) is 4.90 Å². The fourth-order valence-corrected chi connectivity index (χ4v) is 3.46. The first-order valence-electron chi connectivity index (χ1n) is 6.96. The lowest BCUT2D eigenvalue weighted by Gasteiger charge is -2.18. The number of rotatable bonds is 6. The molecule has 0 amide bonds. The van der Waals surface area contributed by atoms with Crippen LogP contribution in [0.25, 0.3) is 0 Å². The number of halogens is 3. The minimum Gasteiger partial charge on any atom is -0.435 e. The van der Waals surface area contributed by atoms with Crippen molar-refractivity contribution in [2.45, 2.75) is 25.0 Å². The smallest absolute Gasteiger partial charge is 0.387 e. The molecule has 0 saturated carbocycles. The Kier molecular flexibility index (Phi) is 5.79. The van der Waals surface area contributed by atoms with Crippen LogP contribution in [0.4, 0.5) is 8.78 Å². The van der Waals surface area contributed by atoms with Crippen LogP contribution in [0.5, 0.6) is 5.75 Å². The quantitative estimate of drug-likeness (QED) is 0.764. The largest absolute Gasteiger partial charge is 0.435 e. The van der Waals surface area contributed by atoms with Crippen LogP contribution >= 0.6 is 11.6 Å². The van der Waals surface area contributed by atoms with Gasteiger partial charge in [-0.05, 0) is 42.3 Å². The molecule has 0 N–H and O–H groups in total. The third-order valence-corrected chi connectivity index (χ3v) is 5.61. The predicted molar refractivity (Wildman–Crippen MR) is 87.9 cm³/mol. The second-order valence-electron chi connectivity index (χ2n) is 5.19. The highest BCUT2D eigenvalue weighted by Gasteiger charge is 2.21. The molecule has 2 aromatic carbocycles. The zero-order chi connectivity index (χ0) is 17.9. The zero-order valence-electron chi connectivity index (χ0n) is 13.0. The van der Waals surface area contributed by atoms with Crippen LogP contribution in [0.3, 0.4) is 0 Å². The maximum Gasteiger partial charge on any atom is 0.387 e. The summed E-state index contributed by atoms with van der Waals surface area (Å²) in [7, 11) is -2.27. The molecule has 0 atom stereocenters. The van der Waals surface area contributed by atoms with Crippen LogP contribution < -0.4 is 4.74 Å². The normalized spacial score (nSPS) is 12.0. The van der Waals surface area contributed by atoms with E-state index in [2.05, 4.69) is 4.74 Å². The predicted octanol–water partition coefficient (Wildman–Crippen LogP) is 4.07. The number of hydrogen-bond acceptors (Lipinski definition) is 3. The van der Waals surface area contributed by atoms with Gasteiger partial charge in [0.15, 0.2) is 0 Å². The zero-order valence-corrected chi connectivity index (χ0v) is 14.6. The van der Waals surface area contributed by atoms with Crippen LogP contribution in [-0.2, 0) is 16.6 Å². The van der Waals surface area contributed by atoms with Crippen molar-refractivity contribution in [1.82, 2.24) is 4.31 Å². The number of benzene rings is 2. The van der Waals surface area contributed by atoms with Crippen molar-refractivity contribution in [3.05, 3.63) is 58.6 Å². The van der Waals surface area contributed by atoms with Gasteiger partial charge in [0.1, 0.15) is 5.75 Å². The number of ether oxygens (including phenoxy) is 1. The van der Waals surface area contributed by atoms with Gasteiger partial charge >= 0.3 is 6.61 Å². The van der Waals surface area contributed by atoms with Crippen molar-refractivity contribution < 1.29 is 21.9 Å². The summed E-state index contributed by atoms with van der Waals surface area (Å²) in [5.74, 6) is 0.0181. The number of nitrogens with zero attached hydrogens (tertiary/aromatic N) is 1. The summed E-state index contributed by atoms with van der Waals surface area (Å²) in [6.07, 6.45) is 0. The van der Waals surface area contributed by atoms with Crippen molar-refractivity contribution in [3.8, 4) is 5.75 Å². The first kappa shape index (κ1) is 18.6. The van der Waals surface area contributed by atoms with Gasteiger partial charge in [-0.1, -0.05) is 29.8 Å². The SMILES string of the molecule is Cc1ccc(S(=O)(=O)N(C)Cc2ccc(OC(F)F)cc2)cc1Cl. The van der Waals surface area contributed by atoms with E-state index in [1.54, 1.807) is 13.0 Å². The molecular weight excluding hydrogens is 360 g/mol. The topological polar surface area (TPSA) is 46.6 Å². The highest BCUT2D eigenvalue weighted by atomic mass is 35.5. The molecule has 8 heteroatoms. The van der Waals surface area contributed by atoms with E-state index in [-0.39, 0.29) is 17.2 Å². The van der Waals surface area contributed by atoms with Gasteiger partial charge in [0.25, 0.3) is 0 Å². The summed E-state index contributed by atoms with van der Waals surface area (Å²) in [6, 6.07) is 10.3. The lowest BCUT2D eigenvalue weighted by molar-refractivity contribution is -0.0498. The van der Waals surface area contributed by atoms with Gasteiger partial charge in [0, 0.05) is 18.6 Å². The summed E-state index contributed by atoms with van der Waals surface area (Å²) >= 11 is 5.99. The first-order chi connectivity index (χ1) is 11.2. The molecule has 0 fully saturated rings. The molecule has 4 nitrogen and oxygen atoms in total. The van der Waals surface area contributed by atoms with E-state index in [0.29, 0.717) is 10.6 Å². The molecule has 0 spiro atoms. The molecule has 130 valence electrons. The fraction of sp³-hybridized carbons (Fsp3) is 0.250. The van der Waals surface area contributed by atoms with Crippen molar-refractivity contribution >= 4 is 21.6 Å². The average molecular weight is 376 g/mol. The highest BCUT2D eigenvalue weighted by molar-refractivity contribution is 7.89. The molecule has 0 aliphatic heterocycles. The molecule has 0 radical (unpaired) electrons. The molecule has 0 aliphatic rings. The summed E-state index contributed by atoms with van der Waals surface area (Å²) in [5.41, 5.74) is 1.42. The lowest BCUT2D eigenvalue weighted by atomic mass is 10.2. The van der Waals surface area contributed by atoms with Gasteiger partial charge in [0.2, 0.25) is 10.0 Å². The second-order valence-corrected chi connectivity index (χ2v) is 7.65. The molecule has 24 heavy (non-hydrogen) atoms. The van der Waals surface area contributed by atoms with Crippen LogP contribution in [0.2, 0.25) is 5.02 Å². The van der Waals surface area contributed by atoms with Crippen LogP contribution in [-0.4, -0.2) is 26.4 Å². The summed E-state index contributed by atoms with van der Waals surface area (Å²) in [4.78, 5) is 0.0956. The van der Waals surface area contributed by atoms with Gasteiger partial charge in [-0.3, -0.25) is 0 Å². The Balaban J connectivity index is 2.15. The molecule has 0 saturated heterocycles. The molecule has 0 unspecified atom stereocenters. The minimum absolute atomic E-state index is 0.0181. The fourth-order valence-electron chi connectivity index (χ4n) is 2.03. The third kappa shape index (κ3) is 4.43. The van der Waals surface area contributed by atoms with Crippen LogP contribution in [0, 0.1) is 6.92 Å². The van der Waals surface area contributed by atoms with E-state index in [4.69, 9.17) is 11.6 Å².